The van der Waals surface area contributed by atoms with Gasteiger partial charge in [-0.3, -0.25) is 4.79 Å². The smallest absolute Gasteiger partial charge is 0.315 e. The Labute approximate surface area is 77.1 Å². The number of nitrogens with two attached hydrogens (primary N) is 1. The Kier molecular flexibility index (Phi) is 2.75. The van der Waals surface area contributed by atoms with Gasteiger partial charge < -0.3 is 16.4 Å². The molecule has 1 saturated heterocycles. The van der Waals surface area contributed by atoms with Crippen molar-refractivity contribution in [2.45, 2.75) is 32.4 Å². The van der Waals surface area contributed by atoms with E-state index >= 15 is 0 Å². The second kappa shape index (κ2) is 3.64. The molecule has 0 aromatic rings. The van der Waals surface area contributed by atoms with Crippen LogP contribution in [-0.2, 0) is 4.79 Å². The molecule has 0 aromatic heterocycles. The maximum atomic E-state index is 10.9. The van der Waals surface area contributed by atoms with Crippen molar-refractivity contribution in [3.63, 3.8) is 0 Å². The highest BCUT2D eigenvalue weighted by molar-refractivity contribution is 5.90. The second-order valence-electron chi connectivity index (χ2n) is 3.73. The highest BCUT2D eigenvalue weighted by atomic mass is 16.2. The minimum absolute atomic E-state index is 0.162. The number of rotatable bonds is 3. The van der Waals surface area contributed by atoms with Crippen LogP contribution >= 0.6 is 0 Å². The van der Waals surface area contributed by atoms with E-state index in [-0.39, 0.29) is 12.1 Å². The SMILES string of the molecule is CC(C)CC1NC(=O)NC1C(N)=O. The monoisotopic (exact) mass is 185 g/mol. The molecule has 1 fully saturated rings. The number of amides is 3. The van der Waals surface area contributed by atoms with Crippen LogP contribution in [0, 0.1) is 5.92 Å². The molecule has 3 amide bonds. The van der Waals surface area contributed by atoms with Gasteiger partial charge in [-0.05, 0) is 12.3 Å². The largest absolute Gasteiger partial charge is 0.368 e. The molecule has 0 radical (unpaired) electrons. The van der Waals surface area contributed by atoms with E-state index < -0.39 is 11.9 Å². The van der Waals surface area contributed by atoms with Gasteiger partial charge in [0.2, 0.25) is 5.91 Å². The summed E-state index contributed by atoms with van der Waals surface area (Å²) in [6, 6.07) is -1.03. The van der Waals surface area contributed by atoms with E-state index in [1.807, 2.05) is 13.8 Å². The lowest BCUT2D eigenvalue weighted by Gasteiger charge is -2.16. The van der Waals surface area contributed by atoms with Crippen LogP contribution in [0.25, 0.3) is 0 Å². The first-order chi connectivity index (χ1) is 6.00. The van der Waals surface area contributed by atoms with Crippen molar-refractivity contribution in [3.05, 3.63) is 0 Å². The van der Waals surface area contributed by atoms with Crippen LogP contribution < -0.4 is 16.4 Å². The topological polar surface area (TPSA) is 84.2 Å². The van der Waals surface area contributed by atoms with E-state index in [0.29, 0.717) is 5.92 Å². The van der Waals surface area contributed by atoms with E-state index in [4.69, 9.17) is 5.73 Å². The van der Waals surface area contributed by atoms with Gasteiger partial charge in [-0.15, -0.1) is 0 Å². The third kappa shape index (κ3) is 2.34. The van der Waals surface area contributed by atoms with Crippen LogP contribution in [0.3, 0.4) is 0 Å². The van der Waals surface area contributed by atoms with Crippen molar-refractivity contribution in [2.75, 3.05) is 0 Å². The standard InChI is InChI=1S/C8H15N3O2/c1-4(2)3-5-6(7(9)12)11-8(13)10-5/h4-6H,3H2,1-2H3,(H2,9,12)(H2,10,11,13). The molecular weight excluding hydrogens is 170 g/mol. The maximum absolute atomic E-state index is 10.9. The second-order valence-corrected chi connectivity index (χ2v) is 3.73. The van der Waals surface area contributed by atoms with Gasteiger partial charge >= 0.3 is 6.03 Å². The molecular formula is C8H15N3O2. The molecule has 2 atom stereocenters. The van der Waals surface area contributed by atoms with Crippen LogP contribution in [0.5, 0.6) is 0 Å². The molecule has 1 aliphatic heterocycles. The summed E-state index contributed by atoms with van der Waals surface area (Å²) in [5.74, 6) is -0.0592. The number of carbonyl (C=O) groups excluding carboxylic acids is 2. The summed E-state index contributed by atoms with van der Waals surface area (Å²) in [6.45, 7) is 4.06. The van der Waals surface area contributed by atoms with E-state index in [0.717, 1.165) is 6.42 Å². The Hall–Kier alpha value is -1.26. The molecule has 74 valence electrons. The van der Waals surface area contributed by atoms with Crippen molar-refractivity contribution in [3.8, 4) is 0 Å². The molecule has 0 aromatic carbocycles. The average molecular weight is 185 g/mol. The lowest BCUT2D eigenvalue weighted by atomic mass is 9.98. The zero-order chi connectivity index (χ0) is 10.0. The first-order valence-corrected chi connectivity index (χ1v) is 4.37. The summed E-state index contributed by atoms with van der Waals surface area (Å²) in [7, 11) is 0. The molecule has 2 unspecified atom stereocenters. The molecule has 1 aliphatic rings. The summed E-state index contributed by atoms with van der Waals surface area (Å²) in [5, 5.41) is 5.15. The highest BCUT2D eigenvalue weighted by Gasteiger charge is 2.35. The average Bonchev–Trinajstić information content (AvgIpc) is 2.29. The van der Waals surface area contributed by atoms with E-state index in [1.165, 1.54) is 0 Å². The van der Waals surface area contributed by atoms with Crippen molar-refractivity contribution >= 4 is 11.9 Å². The lowest BCUT2D eigenvalue weighted by Crippen LogP contribution is -2.45. The molecule has 1 heterocycles. The molecule has 0 aliphatic carbocycles. The Bertz CT molecular complexity index is 227. The summed E-state index contributed by atoms with van der Waals surface area (Å²) in [6.07, 6.45) is 0.756. The van der Waals surface area contributed by atoms with E-state index in [9.17, 15) is 9.59 Å². The van der Waals surface area contributed by atoms with Gasteiger partial charge in [-0.1, -0.05) is 13.8 Å². The first-order valence-electron chi connectivity index (χ1n) is 4.37. The van der Waals surface area contributed by atoms with Crippen LogP contribution in [0.4, 0.5) is 4.79 Å². The third-order valence-corrected chi connectivity index (χ3v) is 2.04. The highest BCUT2D eigenvalue weighted by Crippen LogP contribution is 2.11. The Morgan fingerprint density at radius 2 is 2.15 bits per heavy atom. The fourth-order valence-corrected chi connectivity index (χ4v) is 1.51. The predicted molar refractivity (Wildman–Crippen MR) is 47.9 cm³/mol. The predicted octanol–water partition coefficient (Wildman–Crippen LogP) is -0.432. The van der Waals surface area contributed by atoms with Crippen molar-refractivity contribution < 1.29 is 9.59 Å². The van der Waals surface area contributed by atoms with Gasteiger partial charge in [-0.25, -0.2) is 4.79 Å². The molecule has 5 nitrogen and oxygen atoms in total. The summed E-state index contributed by atoms with van der Waals surface area (Å²) >= 11 is 0. The lowest BCUT2D eigenvalue weighted by molar-refractivity contribution is -0.120. The van der Waals surface area contributed by atoms with Gasteiger partial charge in [0.25, 0.3) is 0 Å². The molecule has 5 heteroatoms. The number of hydrogen-bond acceptors (Lipinski definition) is 2. The molecule has 0 bridgehead atoms. The zero-order valence-electron chi connectivity index (χ0n) is 7.83. The number of nitrogens with one attached hydrogen (secondary N) is 2. The van der Waals surface area contributed by atoms with Crippen molar-refractivity contribution in [1.82, 2.24) is 10.6 Å². The van der Waals surface area contributed by atoms with Crippen LogP contribution in [0.2, 0.25) is 0 Å². The molecule has 0 saturated carbocycles. The van der Waals surface area contributed by atoms with Gasteiger partial charge in [0.15, 0.2) is 0 Å². The van der Waals surface area contributed by atoms with Gasteiger partial charge in [0.05, 0.1) is 6.04 Å². The third-order valence-electron chi connectivity index (χ3n) is 2.04. The van der Waals surface area contributed by atoms with Crippen molar-refractivity contribution in [2.24, 2.45) is 11.7 Å². The van der Waals surface area contributed by atoms with Crippen molar-refractivity contribution in [1.29, 1.82) is 0 Å². The summed E-state index contributed by atoms with van der Waals surface area (Å²) in [4.78, 5) is 21.8. The minimum Gasteiger partial charge on any atom is -0.368 e. The number of primary amides is 1. The normalized spacial score (nSPS) is 27.2. The minimum atomic E-state index is -0.560. The summed E-state index contributed by atoms with van der Waals surface area (Å²) in [5.41, 5.74) is 5.13. The fourth-order valence-electron chi connectivity index (χ4n) is 1.51. The quantitative estimate of drug-likeness (QED) is 0.557. The van der Waals surface area contributed by atoms with Crippen LogP contribution in [-0.4, -0.2) is 24.0 Å². The zero-order valence-corrected chi connectivity index (χ0v) is 7.83. The number of carbonyl (C=O) groups is 2. The Balaban J connectivity index is 2.60. The van der Waals surface area contributed by atoms with Crippen LogP contribution in [0.1, 0.15) is 20.3 Å². The molecule has 13 heavy (non-hydrogen) atoms. The molecule has 1 rings (SSSR count). The van der Waals surface area contributed by atoms with E-state index in [2.05, 4.69) is 10.6 Å². The molecule has 4 N–H and O–H groups in total. The van der Waals surface area contributed by atoms with Gasteiger partial charge in [0.1, 0.15) is 6.04 Å². The Morgan fingerprint density at radius 1 is 1.54 bits per heavy atom. The number of urea groups is 1. The van der Waals surface area contributed by atoms with Gasteiger partial charge in [0, 0.05) is 0 Å². The molecule has 0 spiro atoms. The number of hydrogen-bond donors (Lipinski definition) is 3. The summed E-state index contributed by atoms with van der Waals surface area (Å²) < 4.78 is 0. The van der Waals surface area contributed by atoms with E-state index in [1.54, 1.807) is 0 Å². The maximum Gasteiger partial charge on any atom is 0.315 e. The first kappa shape index (κ1) is 9.83. The Morgan fingerprint density at radius 3 is 2.62 bits per heavy atom. The fraction of sp³-hybridized carbons (Fsp3) is 0.750. The van der Waals surface area contributed by atoms with Crippen LogP contribution in [0.15, 0.2) is 0 Å². The van der Waals surface area contributed by atoms with Gasteiger partial charge in [-0.2, -0.15) is 0 Å².